The predicted molar refractivity (Wildman–Crippen MR) is 131 cm³/mol. The number of H-pyrrole nitrogens is 1. The first-order valence-corrected chi connectivity index (χ1v) is 12.4. The van der Waals surface area contributed by atoms with Gasteiger partial charge in [-0.2, -0.15) is 5.21 Å². The molecule has 3 heterocycles. The number of carbonyl (C=O) groups is 1. The Kier molecular flexibility index (Phi) is 7.39. The molecule has 3 aromatic rings. The summed E-state index contributed by atoms with van der Waals surface area (Å²) < 4.78 is 0.604. The number of rotatable bonds is 8. The van der Waals surface area contributed by atoms with Crippen molar-refractivity contribution in [2.24, 2.45) is 0 Å². The number of tetrazole rings is 1. The molecule has 0 atom stereocenters. The average molecular weight is 510 g/mol. The normalized spacial score (nSPS) is 15.4. The summed E-state index contributed by atoms with van der Waals surface area (Å²) >= 11 is 20.6. The first-order valence-electron chi connectivity index (χ1n) is 9.53. The molecule has 0 radical (unpaired) electrons. The number of hydrogen-bond donors (Lipinski definition) is 1. The summed E-state index contributed by atoms with van der Waals surface area (Å²) in [4.78, 5) is 16.1. The summed E-state index contributed by atoms with van der Waals surface area (Å²) in [6.45, 7) is 0.615. The minimum Gasteiger partial charge on any atom is -0.293 e. The van der Waals surface area contributed by atoms with Crippen molar-refractivity contribution in [3.05, 3.63) is 55.3 Å². The third kappa shape index (κ3) is 5.53. The van der Waals surface area contributed by atoms with E-state index in [0.717, 1.165) is 41.7 Å². The van der Waals surface area contributed by atoms with E-state index in [0.29, 0.717) is 31.6 Å². The zero-order valence-corrected chi connectivity index (χ0v) is 20.1. The fourth-order valence-electron chi connectivity index (χ4n) is 3.13. The summed E-state index contributed by atoms with van der Waals surface area (Å²) in [5, 5.41) is 17.1. The lowest BCUT2D eigenvalue weighted by molar-refractivity contribution is -0.122. The minimum absolute atomic E-state index is 0.0346. The Hall–Kier alpha value is -1.78. The zero-order chi connectivity index (χ0) is 21.8. The molecule has 0 saturated carbocycles. The lowest BCUT2D eigenvalue weighted by Crippen LogP contribution is -2.29. The van der Waals surface area contributed by atoms with Crippen LogP contribution in [0.4, 0.5) is 0 Å². The number of nitrogens with one attached hydrogen (secondary N) is 1. The number of amides is 1. The van der Waals surface area contributed by atoms with Crippen molar-refractivity contribution in [3.63, 3.8) is 0 Å². The van der Waals surface area contributed by atoms with Gasteiger partial charge in [0.25, 0.3) is 5.91 Å². The Labute approximate surface area is 203 Å². The van der Waals surface area contributed by atoms with Gasteiger partial charge in [0, 0.05) is 33.5 Å². The number of aromatic nitrogens is 4. The highest BCUT2D eigenvalue weighted by Gasteiger charge is 2.31. The van der Waals surface area contributed by atoms with Crippen LogP contribution in [0.25, 0.3) is 17.2 Å². The Bertz CT molecular complexity index is 1130. The molecule has 2 aromatic heterocycles. The Balaban J connectivity index is 1.35. The fraction of sp³-hybridized carbons (Fsp3) is 0.250. The topological polar surface area (TPSA) is 74.8 Å². The number of hydrogen-bond acceptors (Lipinski definition) is 7. The average Bonchev–Trinajstić information content (AvgIpc) is 3.46. The highest BCUT2D eigenvalue weighted by Crippen LogP contribution is 2.37. The van der Waals surface area contributed by atoms with Gasteiger partial charge in [0.2, 0.25) is 0 Å². The number of thioether (sulfide) groups is 1. The molecule has 1 aliphatic rings. The fourth-order valence-corrected chi connectivity index (χ4v) is 5.86. The molecule has 1 saturated heterocycles. The molecule has 6 nitrogen and oxygen atoms in total. The third-order valence-electron chi connectivity index (χ3n) is 4.68. The Morgan fingerprint density at radius 3 is 2.84 bits per heavy atom. The number of nitrogens with zero attached hydrogens (tertiary/aromatic N) is 4. The second kappa shape index (κ2) is 10.2. The lowest BCUT2D eigenvalue weighted by Gasteiger charge is -2.13. The van der Waals surface area contributed by atoms with Gasteiger partial charge in [-0.05, 0) is 48.1 Å². The number of halogens is 2. The van der Waals surface area contributed by atoms with Gasteiger partial charge in [-0.3, -0.25) is 9.69 Å². The van der Waals surface area contributed by atoms with Crippen molar-refractivity contribution in [2.75, 3.05) is 6.54 Å². The van der Waals surface area contributed by atoms with Crippen molar-refractivity contribution in [1.82, 2.24) is 25.5 Å². The van der Waals surface area contributed by atoms with Gasteiger partial charge in [-0.15, -0.1) is 21.5 Å². The van der Waals surface area contributed by atoms with Crippen LogP contribution in [0.15, 0.2) is 34.6 Å². The first-order chi connectivity index (χ1) is 15.0. The van der Waals surface area contributed by atoms with Gasteiger partial charge in [-0.1, -0.05) is 64.9 Å². The molecule has 1 fully saturated rings. The molecule has 0 spiro atoms. The predicted octanol–water partition coefficient (Wildman–Crippen LogP) is 5.85. The monoisotopic (exact) mass is 509 g/mol. The second-order valence-electron chi connectivity index (χ2n) is 6.83. The van der Waals surface area contributed by atoms with Crippen LogP contribution in [0.5, 0.6) is 0 Å². The van der Waals surface area contributed by atoms with E-state index in [-0.39, 0.29) is 5.91 Å². The summed E-state index contributed by atoms with van der Waals surface area (Å²) in [6.07, 6.45) is 5.44. The maximum absolute atomic E-state index is 12.8. The largest absolute Gasteiger partial charge is 0.293 e. The van der Waals surface area contributed by atoms with Gasteiger partial charge in [0.15, 0.2) is 5.82 Å². The minimum atomic E-state index is -0.0346. The zero-order valence-electron chi connectivity index (χ0n) is 16.2. The molecule has 1 aliphatic heterocycles. The smallest absolute Gasteiger partial charge is 0.266 e. The number of aromatic amines is 1. The second-order valence-corrected chi connectivity index (χ2v) is 10.3. The molecule has 4 rings (SSSR count). The molecule has 0 unspecified atom stereocenters. The van der Waals surface area contributed by atoms with Crippen molar-refractivity contribution < 1.29 is 4.79 Å². The summed E-state index contributed by atoms with van der Waals surface area (Å²) in [7, 11) is 0. The molecule has 0 aliphatic carbocycles. The highest BCUT2D eigenvalue weighted by molar-refractivity contribution is 8.26. The van der Waals surface area contributed by atoms with Gasteiger partial charge in [0.1, 0.15) is 4.32 Å². The van der Waals surface area contributed by atoms with Gasteiger partial charge >= 0.3 is 0 Å². The van der Waals surface area contributed by atoms with E-state index < -0.39 is 0 Å². The SMILES string of the molecule is O=C1C(=Cc2cc(-c3ccc(Cl)cc3Cl)cs2)SC(=S)N1CCCCCc1nn[nH]n1. The lowest BCUT2D eigenvalue weighted by atomic mass is 10.1. The standard InChI is InChI=1S/C20H17Cl2N5OS3/c21-13-5-6-15(16(22)9-13)12-8-14(30-11-12)10-17-19(28)27(20(29)31-17)7-3-1-2-4-18-23-25-26-24-18/h5-6,8-11H,1-4,7H2,(H,23,24,25,26). The molecule has 160 valence electrons. The number of thiophene rings is 1. The summed E-state index contributed by atoms with van der Waals surface area (Å²) in [5.74, 6) is 0.677. The van der Waals surface area contributed by atoms with Crippen LogP contribution in [0.1, 0.15) is 30.0 Å². The van der Waals surface area contributed by atoms with E-state index >= 15 is 0 Å². The Morgan fingerprint density at radius 2 is 2.06 bits per heavy atom. The van der Waals surface area contributed by atoms with Gasteiger partial charge in [-0.25, -0.2) is 0 Å². The van der Waals surface area contributed by atoms with E-state index in [2.05, 4.69) is 20.6 Å². The van der Waals surface area contributed by atoms with Crippen LogP contribution in [0.3, 0.4) is 0 Å². The summed E-state index contributed by atoms with van der Waals surface area (Å²) in [6, 6.07) is 7.45. The molecule has 1 aromatic carbocycles. The van der Waals surface area contributed by atoms with E-state index in [1.165, 1.54) is 11.8 Å². The molecular weight excluding hydrogens is 493 g/mol. The van der Waals surface area contributed by atoms with Crippen molar-refractivity contribution >= 4 is 74.8 Å². The van der Waals surface area contributed by atoms with E-state index in [9.17, 15) is 4.79 Å². The molecule has 0 bridgehead atoms. The number of thiocarbonyl (C=S) groups is 1. The van der Waals surface area contributed by atoms with E-state index in [4.69, 9.17) is 35.4 Å². The Morgan fingerprint density at radius 1 is 1.19 bits per heavy atom. The number of aryl methyl sites for hydroxylation is 1. The van der Waals surface area contributed by atoms with E-state index in [1.54, 1.807) is 22.3 Å². The maximum Gasteiger partial charge on any atom is 0.266 e. The number of benzene rings is 1. The van der Waals surface area contributed by atoms with Crippen LogP contribution in [-0.2, 0) is 11.2 Å². The quantitative estimate of drug-likeness (QED) is 0.233. The number of carbonyl (C=O) groups excluding carboxylic acids is 1. The van der Waals surface area contributed by atoms with Gasteiger partial charge in [0.05, 0.1) is 4.91 Å². The van der Waals surface area contributed by atoms with Crippen LogP contribution < -0.4 is 0 Å². The van der Waals surface area contributed by atoms with Crippen LogP contribution in [-0.4, -0.2) is 42.3 Å². The van der Waals surface area contributed by atoms with Crippen LogP contribution in [0.2, 0.25) is 10.0 Å². The third-order valence-corrected chi connectivity index (χ3v) is 7.49. The van der Waals surface area contributed by atoms with E-state index in [1.807, 2.05) is 29.7 Å². The van der Waals surface area contributed by atoms with Crippen LogP contribution >= 0.6 is 58.5 Å². The van der Waals surface area contributed by atoms with Crippen molar-refractivity contribution in [3.8, 4) is 11.1 Å². The first kappa shape index (κ1) is 22.4. The van der Waals surface area contributed by atoms with Crippen molar-refractivity contribution in [2.45, 2.75) is 25.7 Å². The van der Waals surface area contributed by atoms with Gasteiger partial charge < -0.3 is 0 Å². The molecule has 1 N–H and O–H groups in total. The maximum atomic E-state index is 12.8. The van der Waals surface area contributed by atoms with Crippen LogP contribution in [0, 0.1) is 0 Å². The summed E-state index contributed by atoms with van der Waals surface area (Å²) in [5.41, 5.74) is 1.91. The van der Waals surface area contributed by atoms with Crippen molar-refractivity contribution in [1.29, 1.82) is 0 Å². The number of unbranched alkanes of at least 4 members (excludes halogenated alkanes) is 2. The molecule has 11 heteroatoms. The molecule has 1 amide bonds. The molecule has 31 heavy (non-hydrogen) atoms. The molecular formula is C20H17Cl2N5OS3. The highest BCUT2D eigenvalue weighted by atomic mass is 35.5.